The van der Waals surface area contributed by atoms with E-state index in [1.165, 1.54) is 12.8 Å². The molecule has 0 unspecified atom stereocenters. The second-order valence-corrected chi connectivity index (χ2v) is 6.96. The van der Waals surface area contributed by atoms with Crippen LogP contribution in [-0.2, 0) is 24.4 Å². The molecule has 0 spiro atoms. The molecule has 2 aliphatic heterocycles. The number of aryl methyl sites for hydroxylation is 1. The van der Waals surface area contributed by atoms with E-state index >= 15 is 0 Å². The maximum atomic E-state index is 12.4. The van der Waals surface area contributed by atoms with Gasteiger partial charge in [0.25, 0.3) is 0 Å². The van der Waals surface area contributed by atoms with Gasteiger partial charge in [-0.1, -0.05) is 19.1 Å². The van der Waals surface area contributed by atoms with Gasteiger partial charge in [0.05, 0.1) is 12.2 Å². The number of aromatic nitrogens is 3. The fourth-order valence-corrected chi connectivity index (χ4v) is 3.36. The average Bonchev–Trinajstić information content (AvgIpc) is 3.04. The summed E-state index contributed by atoms with van der Waals surface area (Å²) in [7, 11) is 0. The summed E-state index contributed by atoms with van der Waals surface area (Å²) >= 11 is 0. The Balaban J connectivity index is 1.73. The minimum atomic E-state index is 0.261. The Bertz CT molecular complexity index is 519. The van der Waals surface area contributed by atoms with Gasteiger partial charge in [0.2, 0.25) is 5.91 Å². The molecule has 3 heterocycles. The van der Waals surface area contributed by atoms with E-state index in [-0.39, 0.29) is 5.91 Å². The first-order chi connectivity index (χ1) is 10.6. The van der Waals surface area contributed by atoms with E-state index in [1.54, 1.807) is 0 Å². The van der Waals surface area contributed by atoms with Gasteiger partial charge in [-0.25, -0.2) is 4.68 Å². The van der Waals surface area contributed by atoms with E-state index in [4.69, 9.17) is 0 Å². The van der Waals surface area contributed by atoms with Crippen molar-refractivity contribution in [3.8, 4) is 0 Å². The molecule has 0 radical (unpaired) electrons. The Morgan fingerprint density at radius 2 is 1.91 bits per heavy atom. The van der Waals surface area contributed by atoms with Gasteiger partial charge >= 0.3 is 0 Å². The number of fused-ring (bicyclic) bond motifs is 1. The Labute approximate surface area is 132 Å². The molecule has 1 aromatic heterocycles. The minimum Gasteiger partial charge on any atom is -0.337 e. The molecule has 0 atom stereocenters. The van der Waals surface area contributed by atoms with Crippen LogP contribution in [0.3, 0.4) is 0 Å². The summed E-state index contributed by atoms with van der Waals surface area (Å²) in [6, 6.07) is 0. The number of carbonyl (C=O) groups is 1. The number of hydrogen-bond acceptors (Lipinski definition) is 4. The highest BCUT2D eigenvalue weighted by molar-refractivity contribution is 5.76. The Morgan fingerprint density at radius 1 is 1.14 bits per heavy atom. The molecule has 2 aliphatic rings. The minimum absolute atomic E-state index is 0.261. The van der Waals surface area contributed by atoms with Crippen molar-refractivity contribution in [2.45, 2.75) is 59.2 Å². The van der Waals surface area contributed by atoms with Crippen LogP contribution < -0.4 is 0 Å². The standard InChI is InChI=1S/C16H27N5O/c1-13(2)10-16(22)20-8-5-9-21-15(12-20)14(17-18-21)11-19-6-3-4-7-19/h13H,3-12H2,1-2H3. The molecule has 0 bridgehead atoms. The van der Waals surface area contributed by atoms with E-state index in [2.05, 4.69) is 29.1 Å². The smallest absolute Gasteiger partial charge is 0.223 e. The number of amides is 1. The fraction of sp³-hybridized carbons (Fsp3) is 0.812. The molecule has 6 heteroatoms. The van der Waals surface area contributed by atoms with Crippen LogP contribution in [0.5, 0.6) is 0 Å². The Hall–Kier alpha value is -1.43. The molecule has 0 saturated carbocycles. The van der Waals surface area contributed by atoms with Crippen molar-refractivity contribution in [1.29, 1.82) is 0 Å². The molecule has 1 aromatic rings. The molecule has 0 N–H and O–H groups in total. The molecule has 1 saturated heterocycles. The zero-order chi connectivity index (χ0) is 15.5. The molecule has 3 rings (SSSR count). The summed E-state index contributed by atoms with van der Waals surface area (Å²) in [6.45, 7) is 9.75. The van der Waals surface area contributed by atoms with Crippen molar-refractivity contribution in [2.75, 3.05) is 19.6 Å². The lowest BCUT2D eigenvalue weighted by molar-refractivity contribution is -0.132. The van der Waals surface area contributed by atoms with Gasteiger partial charge in [-0.2, -0.15) is 0 Å². The lowest BCUT2D eigenvalue weighted by Gasteiger charge is -2.22. The van der Waals surface area contributed by atoms with Gasteiger partial charge < -0.3 is 4.90 Å². The summed E-state index contributed by atoms with van der Waals surface area (Å²) in [5.74, 6) is 0.666. The Kier molecular flexibility index (Phi) is 4.76. The van der Waals surface area contributed by atoms with E-state index in [1.807, 2.05) is 9.58 Å². The molecule has 0 aromatic carbocycles. The van der Waals surface area contributed by atoms with Crippen LogP contribution in [-0.4, -0.2) is 50.3 Å². The lowest BCUT2D eigenvalue weighted by atomic mass is 10.1. The van der Waals surface area contributed by atoms with Crippen LogP contribution in [0.2, 0.25) is 0 Å². The first-order valence-electron chi connectivity index (χ1n) is 8.55. The van der Waals surface area contributed by atoms with Gasteiger partial charge in [-0.3, -0.25) is 9.69 Å². The highest BCUT2D eigenvalue weighted by Crippen LogP contribution is 2.19. The van der Waals surface area contributed by atoms with Crippen LogP contribution in [0.15, 0.2) is 0 Å². The largest absolute Gasteiger partial charge is 0.337 e. The number of nitrogens with zero attached hydrogens (tertiary/aromatic N) is 5. The molecule has 1 fully saturated rings. The van der Waals surface area contributed by atoms with Crippen molar-refractivity contribution in [3.05, 3.63) is 11.4 Å². The van der Waals surface area contributed by atoms with Crippen molar-refractivity contribution >= 4 is 5.91 Å². The van der Waals surface area contributed by atoms with Gasteiger partial charge in [0.15, 0.2) is 0 Å². The average molecular weight is 305 g/mol. The Morgan fingerprint density at radius 3 is 2.64 bits per heavy atom. The maximum absolute atomic E-state index is 12.4. The van der Waals surface area contributed by atoms with Crippen LogP contribution >= 0.6 is 0 Å². The van der Waals surface area contributed by atoms with Crippen LogP contribution in [0.4, 0.5) is 0 Å². The first kappa shape index (κ1) is 15.5. The quantitative estimate of drug-likeness (QED) is 0.849. The van der Waals surface area contributed by atoms with E-state index in [0.717, 1.165) is 50.5 Å². The third-order valence-corrected chi connectivity index (χ3v) is 4.56. The predicted octanol–water partition coefficient (Wildman–Crippen LogP) is 1.65. The first-order valence-corrected chi connectivity index (χ1v) is 8.55. The van der Waals surface area contributed by atoms with Crippen molar-refractivity contribution < 1.29 is 4.79 Å². The van der Waals surface area contributed by atoms with Gasteiger partial charge in [0, 0.05) is 26.1 Å². The van der Waals surface area contributed by atoms with Crippen molar-refractivity contribution in [3.63, 3.8) is 0 Å². The van der Waals surface area contributed by atoms with Gasteiger partial charge in [0.1, 0.15) is 5.69 Å². The SMILES string of the molecule is CC(C)CC(=O)N1CCCn2nnc(CN3CCCC3)c2C1. The topological polar surface area (TPSA) is 54.3 Å². The number of carbonyl (C=O) groups excluding carboxylic acids is 1. The predicted molar refractivity (Wildman–Crippen MR) is 84.0 cm³/mol. The molecule has 1 amide bonds. The van der Waals surface area contributed by atoms with Gasteiger partial charge in [-0.15, -0.1) is 5.10 Å². The zero-order valence-electron chi connectivity index (χ0n) is 13.8. The molecule has 122 valence electrons. The van der Waals surface area contributed by atoms with Gasteiger partial charge in [-0.05, 0) is 38.3 Å². The highest BCUT2D eigenvalue weighted by Gasteiger charge is 2.25. The third-order valence-electron chi connectivity index (χ3n) is 4.56. The van der Waals surface area contributed by atoms with Crippen molar-refractivity contribution in [1.82, 2.24) is 24.8 Å². The third kappa shape index (κ3) is 3.48. The summed E-state index contributed by atoms with van der Waals surface area (Å²) in [5, 5.41) is 8.71. The van der Waals surface area contributed by atoms with Crippen molar-refractivity contribution in [2.24, 2.45) is 5.92 Å². The fourth-order valence-electron chi connectivity index (χ4n) is 3.36. The second-order valence-electron chi connectivity index (χ2n) is 6.96. The molecule has 0 aliphatic carbocycles. The number of rotatable bonds is 4. The zero-order valence-corrected chi connectivity index (χ0v) is 13.8. The molecular formula is C16H27N5O. The van der Waals surface area contributed by atoms with Crippen LogP contribution in [0.25, 0.3) is 0 Å². The molecule has 6 nitrogen and oxygen atoms in total. The van der Waals surface area contributed by atoms with E-state index < -0.39 is 0 Å². The summed E-state index contributed by atoms with van der Waals surface area (Å²) < 4.78 is 2.01. The summed E-state index contributed by atoms with van der Waals surface area (Å²) in [5.41, 5.74) is 2.20. The summed E-state index contributed by atoms with van der Waals surface area (Å²) in [4.78, 5) is 16.9. The number of likely N-dealkylation sites (tertiary alicyclic amines) is 1. The second kappa shape index (κ2) is 6.77. The van der Waals surface area contributed by atoms with E-state index in [9.17, 15) is 4.79 Å². The molecule has 22 heavy (non-hydrogen) atoms. The normalized spacial score (nSPS) is 19.5. The molecular weight excluding hydrogens is 278 g/mol. The maximum Gasteiger partial charge on any atom is 0.223 e. The highest BCUT2D eigenvalue weighted by atomic mass is 16.2. The number of hydrogen-bond donors (Lipinski definition) is 0. The monoisotopic (exact) mass is 305 g/mol. The van der Waals surface area contributed by atoms with Crippen LogP contribution in [0, 0.1) is 5.92 Å². The lowest BCUT2D eigenvalue weighted by Crippen LogP contribution is -2.32. The summed E-state index contributed by atoms with van der Waals surface area (Å²) in [6.07, 6.45) is 4.15. The van der Waals surface area contributed by atoms with E-state index in [0.29, 0.717) is 18.9 Å². The van der Waals surface area contributed by atoms with Crippen LogP contribution in [0.1, 0.15) is 50.9 Å².